The van der Waals surface area contributed by atoms with Crippen LogP contribution in [0.1, 0.15) is 24.8 Å². The van der Waals surface area contributed by atoms with Gasteiger partial charge in [-0.25, -0.2) is 0 Å². The van der Waals surface area contributed by atoms with Gasteiger partial charge in [0.1, 0.15) is 0 Å². The molecule has 0 saturated carbocycles. The average Bonchev–Trinajstić information content (AvgIpc) is 2.46. The van der Waals surface area contributed by atoms with Gasteiger partial charge in [-0.3, -0.25) is 4.98 Å². The van der Waals surface area contributed by atoms with Crippen molar-refractivity contribution in [2.75, 3.05) is 13.1 Å². The minimum atomic E-state index is 0.913. The van der Waals surface area contributed by atoms with Crippen LogP contribution in [0.25, 0.3) is 10.9 Å². The van der Waals surface area contributed by atoms with Crippen LogP contribution in [-0.2, 0) is 6.42 Å². The van der Waals surface area contributed by atoms with Gasteiger partial charge in [-0.15, -0.1) is 0 Å². The van der Waals surface area contributed by atoms with Crippen LogP contribution < -0.4 is 5.32 Å². The molecule has 2 heteroatoms. The Bertz CT molecular complexity index is 515. The fourth-order valence-corrected chi connectivity index (χ4v) is 2.82. The molecule has 2 heterocycles. The van der Waals surface area contributed by atoms with Crippen LogP contribution in [0, 0.1) is 5.92 Å². The number of hydrogen-bond acceptors (Lipinski definition) is 2. The minimum Gasteiger partial charge on any atom is -0.317 e. The summed E-state index contributed by atoms with van der Waals surface area (Å²) in [6.45, 7) is 2.40. The topological polar surface area (TPSA) is 24.9 Å². The molecule has 3 rings (SSSR count). The first-order valence-corrected chi connectivity index (χ1v) is 6.96. The maximum absolute atomic E-state index is 4.36. The van der Waals surface area contributed by atoms with Crippen LogP contribution in [-0.4, -0.2) is 18.1 Å². The van der Waals surface area contributed by atoms with E-state index in [9.17, 15) is 0 Å². The van der Waals surface area contributed by atoms with Crippen LogP contribution >= 0.6 is 0 Å². The van der Waals surface area contributed by atoms with Crippen LogP contribution in [0.15, 0.2) is 36.5 Å². The highest BCUT2D eigenvalue weighted by molar-refractivity contribution is 5.78. The second-order valence-corrected chi connectivity index (χ2v) is 5.26. The van der Waals surface area contributed by atoms with Gasteiger partial charge in [0.05, 0.1) is 5.52 Å². The van der Waals surface area contributed by atoms with Gasteiger partial charge in [-0.2, -0.15) is 0 Å². The Balaban J connectivity index is 1.66. The second-order valence-electron chi connectivity index (χ2n) is 5.26. The smallest absolute Gasteiger partial charge is 0.0702 e. The zero-order valence-electron chi connectivity index (χ0n) is 10.7. The van der Waals surface area contributed by atoms with Crippen LogP contribution in [0.4, 0.5) is 0 Å². The molecule has 94 valence electrons. The lowest BCUT2D eigenvalue weighted by Crippen LogP contribution is -2.27. The van der Waals surface area contributed by atoms with Crippen molar-refractivity contribution in [3.63, 3.8) is 0 Å². The van der Waals surface area contributed by atoms with E-state index in [-0.39, 0.29) is 0 Å². The van der Waals surface area contributed by atoms with E-state index in [1.54, 1.807) is 0 Å². The molecule has 0 aliphatic carbocycles. The Kier molecular flexibility index (Phi) is 3.56. The maximum atomic E-state index is 4.36. The highest BCUT2D eigenvalue weighted by Crippen LogP contribution is 2.20. The third-order valence-electron chi connectivity index (χ3n) is 3.97. The first-order chi connectivity index (χ1) is 8.92. The first kappa shape index (κ1) is 11.7. The molecule has 1 fully saturated rings. The molecule has 18 heavy (non-hydrogen) atoms. The van der Waals surface area contributed by atoms with Gasteiger partial charge < -0.3 is 5.32 Å². The van der Waals surface area contributed by atoms with E-state index in [1.165, 1.54) is 49.7 Å². The van der Waals surface area contributed by atoms with E-state index in [0.717, 1.165) is 11.4 Å². The quantitative estimate of drug-likeness (QED) is 0.891. The van der Waals surface area contributed by atoms with Gasteiger partial charge in [-0.1, -0.05) is 12.1 Å². The molecule has 0 radical (unpaired) electrons. The van der Waals surface area contributed by atoms with E-state index < -0.39 is 0 Å². The van der Waals surface area contributed by atoms with Crippen molar-refractivity contribution >= 4 is 10.9 Å². The summed E-state index contributed by atoms with van der Waals surface area (Å²) in [4.78, 5) is 4.36. The number of hydrogen-bond donors (Lipinski definition) is 1. The van der Waals surface area contributed by atoms with Crippen molar-refractivity contribution in [1.82, 2.24) is 10.3 Å². The Morgan fingerprint density at radius 2 is 2.06 bits per heavy atom. The molecule has 1 aromatic carbocycles. The normalized spacial score (nSPS) is 17.1. The summed E-state index contributed by atoms with van der Waals surface area (Å²) < 4.78 is 0. The first-order valence-electron chi connectivity index (χ1n) is 6.96. The van der Waals surface area contributed by atoms with E-state index in [2.05, 4.69) is 34.6 Å². The number of aromatic nitrogens is 1. The summed E-state index contributed by atoms with van der Waals surface area (Å²) in [5.74, 6) is 0.913. The predicted molar refractivity (Wildman–Crippen MR) is 75.7 cm³/mol. The van der Waals surface area contributed by atoms with Crippen molar-refractivity contribution < 1.29 is 0 Å². The number of nitrogens with zero attached hydrogens (tertiary/aromatic N) is 1. The fraction of sp³-hybridized carbons (Fsp3) is 0.438. The highest BCUT2D eigenvalue weighted by atomic mass is 14.9. The molecule has 1 N–H and O–H groups in total. The monoisotopic (exact) mass is 240 g/mol. The van der Waals surface area contributed by atoms with Gasteiger partial charge in [0.25, 0.3) is 0 Å². The Labute approximate surface area is 108 Å². The summed E-state index contributed by atoms with van der Waals surface area (Å²) in [7, 11) is 0. The number of pyridine rings is 1. The number of rotatable bonds is 3. The lowest BCUT2D eigenvalue weighted by molar-refractivity contribution is 0.354. The van der Waals surface area contributed by atoms with Crippen molar-refractivity contribution in [2.45, 2.75) is 25.7 Å². The summed E-state index contributed by atoms with van der Waals surface area (Å²) in [5, 5.41) is 4.69. The van der Waals surface area contributed by atoms with Gasteiger partial charge in [0.2, 0.25) is 0 Å². The molecule has 0 spiro atoms. The molecule has 2 aromatic rings. The third kappa shape index (κ3) is 2.70. The van der Waals surface area contributed by atoms with Crippen molar-refractivity contribution in [2.24, 2.45) is 5.92 Å². The molecule has 2 nitrogen and oxygen atoms in total. The van der Waals surface area contributed by atoms with Gasteiger partial charge in [-0.05, 0) is 68.5 Å². The van der Waals surface area contributed by atoms with Gasteiger partial charge in [0, 0.05) is 11.6 Å². The largest absolute Gasteiger partial charge is 0.317 e. The zero-order valence-corrected chi connectivity index (χ0v) is 10.7. The third-order valence-corrected chi connectivity index (χ3v) is 3.97. The molecule has 1 saturated heterocycles. The average molecular weight is 240 g/mol. The number of aryl methyl sites for hydroxylation is 1. The molecule has 0 amide bonds. The lowest BCUT2D eigenvalue weighted by Gasteiger charge is -2.22. The van der Waals surface area contributed by atoms with E-state index in [4.69, 9.17) is 0 Å². The number of piperidine rings is 1. The van der Waals surface area contributed by atoms with Crippen LogP contribution in [0.2, 0.25) is 0 Å². The second kappa shape index (κ2) is 5.49. The Morgan fingerprint density at radius 3 is 2.94 bits per heavy atom. The molecule has 1 aliphatic rings. The number of fused-ring (bicyclic) bond motifs is 1. The van der Waals surface area contributed by atoms with Crippen molar-refractivity contribution in [1.29, 1.82) is 0 Å². The molecule has 0 bridgehead atoms. The highest BCUT2D eigenvalue weighted by Gasteiger charge is 2.12. The van der Waals surface area contributed by atoms with E-state index in [1.807, 2.05) is 12.3 Å². The molecule has 0 unspecified atom stereocenters. The standard InChI is InChI=1S/C16H20N2/c1-2-15-12-14(5-6-16(15)18-9-1)4-3-13-7-10-17-11-8-13/h1-2,5-6,9,12-13,17H,3-4,7-8,10-11H2. The summed E-state index contributed by atoms with van der Waals surface area (Å²) in [6, 6.07) is 10.8. The molecule has 1 aliphatic heterocycles. The maximum Gasteiger partial charge on any atom is 0.0702 e. The minimum absolute atomic E-state index is 0.913. The summed E-state index contributed by atoms with van der Waals surface area (Å²) in [6.07, 6.45) is 7.07. The number of benzene rings is 1. The SMILES string of the molecule is c1cnc2ccc(CCC3CCNCC3)cc2c1. The van der Waals surface area contributed by atoms with E-state index in [0.29, 0.717) is 0 Å². The van der Waals surface area contributed by atoms with Crippen molar-refractivity contribution in [3.05, 3.63) is 42.1 Å². The number of nitrogens with one attached hydrogen (secondary N) is 1. The van der Waals surface area contributed by atoms with Crippen LogP contribution in [0.3, 0.4) is 0 Å². The summed E-state index contributed by atoms with van der Waals surface area (Å²) >= 11 is 0. The fourth-order valence-electron chi connectivity index (χ4n) is 2.82. The van der Waals surface area contributed by atoms with Crippen molar-refractivity contribution in [3.8, 4) is 0 Å². The zero-order chi connectivity index (χ0) is 12.2. The Hall–Kier alpha value is -1.41. The molecule has 1 aromatic heterocycles. The predicted octanol–water partition coefficient (Wildman–Crippen LogP) is 3.17. The molecular formula is C16H20N2. The molecular weight excluding hydrogens is 220 g/mol. The van der Waals surface area contributed by atoms with Gasteiger partial charge in [0.15, 0.2) is 0 Å². The summed E-state index contributed by atoms with van der Waals surface area (Å²) in [5.41, 5.74) is 2.55. The van der Waals surface area contributed by atoms with Crippen LogP contribution in [0.5, 0.6) is 0 Å². The molecule has 0 atom stereocenters. The Morgan fingerprint density at radius 1 is 1.17 bits per heavy atom. The lowest BCUT2D eigenvalue weighted by atomic mass is 9.91. The van der Waals surface area contributed by atoms with Gasteiger partial charge >= 0.3 is 0 Å². The van der Waals surface area contributed by atoms with E-state index >= 15 is 0 Å².